The average Bonchev–Trinajstić information content (AvgIpc) is 3.23. The molecule has 0 bridgehead atoms. The van der Waals surface area contributed by atoms with E-state index in [1.165, 1.54) is 16.4 Å². The third kappa shape index (κ3) is 4.79. The maximum Gasteiger partial charge on any atom is 0.322 e. The Morgan fingerprint density at radius 2 is 1.71 bits per heavy atom. The fraction of sp³-hybridized carbons (Fsp3) is 0.286. The van der Waals surface area contributed by atoms with E-state index in [1.807, 2.05) is 31.2 Å². The summed E-state index contributed by atoms with van der Waals surface area (Å²) in [6, 6.07) is 13.7. The molecule has 1 aliphatic rings. The number of carbonyl (C=O) groups excluding carboxylic acids is 1. The largest absolute Gasteiger partial charge is 0.403 e. The lowest BCUT2D eigenvalue weighted by atomic mass is 9.97. The number of amides is 1. The second kappa shape index (κ2) is 8.78. The number of rotatable bonds is 5. The Kier molecular flexibility index (Phi) is 6.08. The van der Waals surface area contributed by atoms with Gasteiger partial charge in [-0.3, -0.25) is 10.1 Å². The van der Waals surface area contributed by atoms with Crippen LogP contribution >= 0.6 is 11.6 Å². The Bertz CT molecular complexity index is 1170. The van der Waals surface area contributed by atoms with Crippen LogP contribution in [-0.2, 0) is 14.8 Å². The maximum absolute atomic E-state index is 12.8. The second-order valence-corrected chi connectivity index (χ2v) is 9.77. The molecule has 3 aromatic rings. The summed E-state index contributed by atoms with van der Waals surface area (Å²) in [4.78, 5) is 12.8. The summed E-state index contributed by atoms with van der Waals surface area (Å²) in [5, 5.41) is 11.0. The van der Waals surface area contributed by atoms with Crippen LogP contribution in [0.1, 0.15) is 18.4 Å². The quantitative estimate of drug-likeness (QED) is 0.621. The van der Waals surface area contributed by atoms with Crippen LogP contribution < -0.4 is 5.32 Å². The zero-order chi connectivity index (χ0) is 22.0. The molecule has 1 aromatic heterocycles. The van der Waals surface area contributed by atoms with Crippen LogP contribution in [0.2, 0.25) is 5.02 Å². The van der Waals surface area contributed by atoms with Gasteiger partial charge >= 0.3 is 6.01 Å². The highest BCUT2D eigenvalue weighted by atomic mass is 35.5. The third-order valence-electron chi connectivity index (χ3n) is 5.23. The van der Waals surface area contributed by atoms with Gasteiger partial charge in [0, 0.05) is 29.6 Å². The SMILES string of the molecule is Cc1ccc(-c2nnc(NC(=O)C3CCN(S(=O)(=O)c4ccc(Cl)cc4)CC3)o2)cc1. The molecule has 162 valence electrons. The van der Waals surface area contributed by atoms with Crippen molar-refractivity contribution in [3.63, 3.8) is 0 Å². The normalized spacial score (nSPS) is 15.7. The number of aromatic nitrogens is 2. The van der Waals surface area contributed by atoms with E-state index in [4.69, 9.17) is 16.0 Å². The van der Waals surface area contributed by atoms with E-state index in [9.17, 15) is 13.2 Å². The van der Waals surface area contributed by atoms with Crippen molar-refractivity contribution in [1.29, 1.82) is 0 Å². The van der Waals surface area contributed by atoms with E-state index < -0.39 is 10.0 Å². The molecule has 10 heteroatoms. The number of hydrogen-bond acceptors (Lipinski definition) is 6. The van der Waals surface area contributed by atoms with E-state index in [-0.39, 0.29) is 35.8 Å². The lowest BCUT2D eigenvalue weighted by molar-refractivity contribution is -0.121. The highest BCUT2D eigenvalue weighted by Gasteiger charge is 2.32. The van der Waals surface area contributed by atoms with E-state index >= 15 is 0 Å². The van der Waals surface area contributed by atoms with Crippen LogP contribution in [0.5, 0.6) is 0 Å². The number of nitrogens with one attached hydrogen (secondary N) is 1. The van der Waals surface area contributed by atoms with Crippen molar-refractivity contribution < 1.29 is 17.6 Å². The average molecular weight is 461 g/mol. The molecule has 4 rings (SSSR count). The minimum Gasteiger partial charge on any atom is -0.403 e. The van der Waals surface area contributed by atoms with Gasteiger partial charge in [0.05, 0.1) is 4.90 Å². The fourth-order valence-corrected chi connectivity index (χ4v) is 5.00. The highest BCUT2D eigenvalue weighted by Crippen LogP contribution is 2.26. The van der Waals surface area contributed by atoms with Crippen LogP contribution in [0.15, 0.2) is 57.8 Å². The number of nitrogens with zero attached hydrogens (tertiary/aromatic N) is 3. The maximum atomic E-state index is 12.8. The topological polar surface area (TPSA) is 105 Å². The van der Waals surface area contributed by atoms with Gasteiger partial charge in [0.2, 0.25) is 21.8 Å². The van der Waals surface area contributed by atoms with Gasteiger partial charge in [-0.05, 0) is 56.2 Å². The van der Waals surface area contributed by atoms with Gasteiger partial charge in [0.25, 0.3) is 0 Å². The van der Waals surface area contributed by atoms with Gasteiger partial charge < -0.3 is 4.42 Å². The molecule has 0 saturated carbocycles. The number of piperidine rings is 1. The molecule has 1 fully saturated rings. The molecular formula is C21H21ClN4O4S. The summed E-state index contributed by atoms with van der Waals surface area (Å²) >= 11 is 5.84. The van der Waals surface area contributed by atoms with Crippen molar-refractivity contribution in [3.8, 4) is 11.5 Å². The Hall–Kier alpha value is -2.75. The Morgan fingerprint density at radius 1 is 1.06 bits per heavy atom. The molecule has 0 radical (unpaired) electrons. The highest BCUT2D eigenvalue weighted by molar-refractivity contribution is 7.89. The summed E-state index contributed by atoms with van der Waals surface area (Å²) < 4.78 is 32.5. The van der Waals surface area contributed by atoms with Gasteiger partial charge in [0.1, 0.15) is 0 Å². The minimum atomic E-state index is -3.62. The fourth-order valence-electron chi connectivity index (χ4n) is 3.41. The van der Waals surface area contributed by atoms with Crippen molar-refractivity contribution in [1.82, 2.24) is 14.5 Å². The number of anilines is 1. The summed E-state index contributed by atoms with van der Waals surface area (Å²) in [6.45, 7) is 2.48. The molecule has 1 amide bonds. The van der Waals surface area contributed by atoms with Gasteiger partial charge in [0.15, 0.2) is 0 Å². The summed E-state index contributed by atoms with van der Waals surface area (Å²) in [5.74, 6) is -0.284. The van der Waals surface area contributed by atoms with Crippen LogP contribution in [0.4, 0.5) is 6.01 Å². The van der Waals surface area contributed by atoms with Crippen LogP contribution in [0.3, 0.4) is 0 Å². The molecule has 2 aromatic carbocycles. The lowest BCUT2D eigenvalue weighted by Gasteiger charge is -2.30. The Morgan fingerprint density at radius 3 is 2.35 bits per heavy atom. The Labute approximate surface area is 185 Å². The summed E-state index contributed by atoms with van der Waals surface area (Å²) in [5.41, 5.74) is 1.88. The van der Waals surface area contributed by atoms with E-state index in [1.54, 1.807) is 12.1 Å². The standard InChI is InChI=1S/C21H21ClN4O4S/c1-14-2-4-16(5-3-14)20-24-25-21(30-20)23-19(27)15-10-12-26(13-11-15)31(28,29)18-8-6-17(22)7-9-18/h2-9,15H,10-13H2,1H3,(H,23,25,27). The predicted octanol–water partition coefficient (Wildman–Crippen LogP) is 3.74. The molecule has 0 spiro atoms. The third-order valence-corrected chi connectivity index (χ3v) is 7.39. The minimum absolute atomic E-state index is 0.0248. The van der Waals surface area contributed by atoms with Crippen molar-refractivity contribution in [2.24, 2.45) is 5.92 Å². The molecule has 2 heterocycles. The summed E-state index contributed by atoms with van der Waals surface area (Å²) in [6.07, 6.45) is 0.801. The van der Waals surface area contributed by atoms with Crippen molar-refractivity contribution in [3.05, 3.63) is 59.1 Å². The van der Waals surface area contributed by atoms with Crippen molar-refractivity contribution in [2.75, 3.05) is 18.4 Å². The Balaban J connectivity index is 1.35. The number of sulfonamides is 1. The van der Waals surface area contributed by atoms with Crippen LogP contribution in [0.25, 0.3) is 11.5 Å². The first-order valence-electron chi connectivity index (χ1n) is 9.80. The van der Waals surface area contributed by atoms with Crippen LogP contribution in [0, 0.1) is 12.8 Å². The second-order valence-electron chi connectivity index (χ2n) is 7.40. The first kappa shape index (κ1) is 21.5. The number of benzene rings is 2. The summed E-state index contributed by atoms with van der Waals surface area (Å²) in [7, 11) is -3.62. The molecule has 31 heavy (non-hydrogen) atoms. The molecule has 1 aliphatic heterocycles. The molecule has 0 atom stereocenters. The zero-order valence-electron chi connectivity index (χ0n) is 16.8. The number of halogens is 1. The van der Waals surface area contributed by atoms with Gasteiger partial charge in [-0.1, -0.05) is 34.4 Å². The number of carbonyl (C=O) groups is 1. The van der Waals surface area contributed by atoms with E-state index in [0.717, 1.165) is 11.1 Å². The van der Waals surface area contributed by atoms with Gasteiger partial charge in [-0.15, -0.1) is 5.10 Å². The first-order chi connectivity index (χ1) is 14.8. The number of hydrogen-bond donors (Lipinski definition) is 1. The lowest BCUT2D eigenvalue weighted by Crippen LogP contribution is -2.41. The van der Waals surface area contributed by atoms with E-state index in [2.05, 4.69) is 15.5 Å². The molecule has 8 nitrogen and oxygen atoms in total. The van der Waals surface area contributed by atoms with Crippen LogP contribution in [-0.4, -0.2) is 41.9 Å². The molecule has 1 saturated heterocycles. The van der Waals surface area contributed by atoms with Crippen molar-refractivity contribution in [2.45, 2.75) is 24.7 Å². The molecular weight excluding hydrogens is 440 g/mol. The monoisotopic (exact) mass is 460 g/mol. The predicted molar refractivity (Wildman–Crippen MR) is 116 cm³/mol. The van der Waals surface area contributed by atoms with Gasteiger partial charge in [-0.25, -0.2) is 8.42 Å². The van der Waals surface area contributed by atoms with Gasteiger partial charge in [-0.2, -0.15) is 4.31 Å². The molecule has 0 aliphatic carbocycles. The first-order valence-corrected chi connectivity index (χ1v) is 11.6. The molecule has 0 unspecified atom stereocenters. The van der Waals surface area contributed by atoms with Crippen molar-refractivity contribution >= 4 is 33.5 Å². The van der Waals surface area contributed by atoms with E-state index in [0.29, 0.717) is 23.8 Å². The number of aryl methyl sites for hydroxylation is 1. The molecule has 1 N–H and O–H groups in total. The smallest absolute Gasteiger partial charge is 0.322 e. The zero-order valence-corrected chi connectivity index (χ0v) is 18.4.